The minimum atomic E-state index is -4.36. The molecule has 0 fully saturated rings. The van der Waals surface area contributed by atoms with Gasteiger partial charge in [0, 0.05) is 19.4 Å². The summed E-state index contributed by atoms with van der Waals surface area (Å²) in [4.78, 5) is 34.5. The van der Waals surface area contributed by atoms with Crippen molar-refractivity contribution in [1.82, 2.24) is 0 Å². The standard InChI is InChI=1S/C34H64NO8P/c1-3-5-7-9-11-13-14-15-16-17-18-19-21-23-25-27-34(37)43-32(31-42-44(38,39)41-29-28-35)30-40-33(36)26-24-22-20-12-10-8-6-4-2/h4,6,15-16,32H,3,5,7-14,17-31,35H2,1-2H3,(H,38,39)/b6-4+,16-15-/t32-/m1/s1. The first-order valence-corrected chi connectivity index (χ1v) is 18.8. The minimum absolute atomic E-state index is 0.0513. The number of allylic oxidation sites excluding steroid dienone is 4. The van der Waals surface area contributed by atoms with Crippen LogP contribution in [0.1, 0.15) is 149 Å². The van der Waals surface area contributed by atoms with Crippen molar-refractivity contribution in [2.75, 3.05) is 26.4 Å². The molecule has 3 N–H and O–H groups in total. The second-order valence-electron chi connectivity index (χ2n) is 11.4. The van der Waals surface area contributed by atoms with Crippen molar-refractivity contribution in [3.8, 4) is 0 Å². The lowest BCUT2D eigenvalue weighted by Gasteiger charge is -2.19. The number of hydrogen-bond acceptors (Lipinski definition) is 8. The zero-order valence-corrected chi connectivity index (χ0v) is 28.8. The number of esters is 2. The van der Waals surface area contributed by atoms with E-state index in [4.69, 9.17) is 24.3 Å². The summed E-state index contributed by atoms with van der Waals surface area (Å²) in [7, 11) is -4.36. The van der Waals surface area contributed by atoms with Crippen molar-refractivity contribution in [1.29, 1.82) is 0 Å². The lowest BCUT2D eigenvalue weighted by molar-refractivity contribution is -0.161. The Morgan fingerprint density at radius 2 is 1.20 bits per heavy atom. The van der Waals surface area contributed by atoms with Crippen LogP contribution in [0, 0.1) is 0 Å². The summed E-state index contributed by atoms with van der Waals surface area (Å²) in [5, 5.41) is 0. The monoisotopic (exact) mass is 645 g/mol. The number of phosphoric acid groups is 1. The summed E-state index contributed by atoms with van der Waals surface area (Å²) >= 11 is 0. The maximum absolute atomic E-state index is 12.5. The summed E-state index contributed by atoms with van der Waals surface area (Å²) < 4.78 is 32.5. The van der Waals surface area contributed by atoms with Crippen LogP contribution in [0.3, 0.4) is 0 Å². The Morgan fingerprint density at radius 3 is 1.75 bits per heavy atom. The van der Waals surface area contributed by atoms with Crippen LogP contribution in [-0.4, -0.2) is 49.3 Å². The quantitative estimate of drug-likeness (QED) is 0.0318. The van der Waals surface area contributed by atoms with Gasteiger partial charge in [-0.3, -0.25) is 18.6 Å². The van der Waals surface area contributed by atoms with Crippen LogP contribution >= 0.6 is 7.82 Å². The largest absolute Gasteiger partial charge is 0.472 e. The summed E-state index contributed by atoms with van der Waals surface area (Å²) in [5.74, 6) is -0.857. The number of ether oxygens (including phenoxy) is 2. The van der Waals surface area contributed by atoms with E-state index in [1.165, 1.54) is 44.9 Å². The van der Waals surface area contributed by atoms with Gasteiger partial charge in [0.05, 0.1) is 13.2 Å². The van der Waals surface area contributed by atoms with Gasteiger partial charge in [0.1, 0.15) is 6.61 Å². The van der Waals surface area contributed by atoms with Crippen molar-refractivity contribution in [2.45, 2.75) is 155 Å². The van der Waals surface area contributed by atoms with E-state index >= 15 is 0 Å². The highest BCUT2D eigenvalue weighted by atomic mass is 31.2. The molecule has 0 heterocycles. The Hall–Kier alpha value is -1.51. The van der Waals surface area contributed by atoms with E-state index in [-0.39, 0.29) is 32.6 Å². The smallest absolute Gasteiger partial charge is 0.462 e. The van der Waals surface area contributed by atoms with Gasteiger partial charge >= 0.3 is 19.8 Å². The molecule has 0 aromatic rings. The molecule has 44 heavy (non-hydrogen) atoms. The molecule has 0 saturated carbocycles. The molecule has 0 saturated heterocycles. The highest BCUT2D eigenvalue weighted by molar-refractivity contribution is 7.47. The zero-order chi connectivity index (χ0) is 32.6. The van der Waals surface area contributed by atoms with Crippen LogP contribution in [0.15, 0.2) is 24.3 Å². The summed E-state index contributed by atoms with van der Waals surface area (Å²) in [5.41, 5.74) is 5.31. The lowest BCUT2D eigenvalue weighted by atomic mass is 10.1. The first-order chi connectivity index (χ1) is 21.3. The fraction of sp³-hybridized carbons (Fsp3) is 0.824. The molecule has 0 aliphatic carbocycles. The molecule has 0 aromatic carbocycles. The molecular formula is C34H64NO8P. The Balaban J connectivity index is 4.25. The van der Waals surface area contributed by atoms with Crippen LogP contribution in [-0.2, 0) is 32.7 Å². The van der Waals surface area contributed by atoms with E-state index in [0.29, 0.717) is 6.42 Å². The Labute approximate surface area is 268 Å². The van der Waals surface area contributed by atoms with E-state index in [1.807, 2.05) is 6.92 Å². The molecule has 0 aliphatic rings. The molecule has 258 valence electrons. The van der Waals surface area contributed by atoms with Crippen LogP contribution in [0.2, 0.25) is 0 Å². The second kappa shape index (κ2) is 31.5. The lowest BCUT2D eigenvalue weighted by Crippen LogP contribution is -2.29. The number of hydrogen-bond donors (Lipinski definition) is 2. The van der Waals surface area contributed by atoms with Gasteiger partial charge in [-0.1, -0.05) is 102 Å². The van der Waals surface area contributed by atoms with Crippen molar-refractivity contribution in [3.05, 3.63) is 24.3 Å². The average molecular weight is 646 g/mol. The first-order valence-electron chi connectivity index (χ1n) is 17.3. The van der Waals surface area contributed by atoms with Crippen LogP contribution in [0.4, 0.5) is 0 Å². The Kier molecular flexibility index (Phi) is 30.4. The number of unbranched alkanes of at least 4 members (excludes halogenated alkanes) is 16. The highest BCUT2D eigenvalue weighted by Gasteiger charge is 2.25. The zero-order valence-electron chi connectivity index (χ0n) is 27.9. The second-order valence-corrected chi connectivity index (χ2v) is 12.8. The molecule has 0 aromatic heterocycles. The molecule has 0 bridgehead atoms. The average Bonchev–Trinajstić information content (AvgIpc) is 3.00. The van der Waals surface area contributed by atoms with E-state index < -0.39 is 32.5 Å². The van der Waals surface area contributed by atoms with Gasteiger partial charge in [-0.15, -0.1) is 0 Å². The van der Waals surface area contributed by atoms with E-state index in [9.17, 15) is 19.0 Å². The molecule has 2 atom stereocenters. The van der Waals surface area contributed by atoms with Gasteiger partial charge in [0.25, 0.3) is 0 Å². The van der Waals surface area contributed by atoms with Crippen molar-refractivity contribution in [2.24, 2.45) is 5.73 Å². The number of rotatable bonds is 32. The summed E-state index contributed by atoms with van der Waals surface area (Å²) in [6.07, 6.45) is 29.5. The molecular weight excluding hydrogens is 581 g/mol. The number of phosphoric ester groups is 1. The van der Waals surface area contributed by atoms with Gasteiger partial charge in [-0.25, -0.2) is 4.57 Å². The molecule has 0 radical (unpaired) electrons. The summed E-state index contributed by atoms with van der Waals surface area (Å²) in [6.45, 7) is 3.47. The molecule has 1 unspecified atom stereocenters. The van der Waals surface area contributed by atoms with Gasteiger partial charge in [0.15, 0.2) is 6.10 Å². The Bertz CT molecular complexity index is 789. The fourth-order valence-corrected chi connectivity index (χ4v) is 5.34. The van der Waals surface area contributed by atoms with Crippen LogP contribution in [0.5, 0.6) is 0 Å². The van der Waals surface area contributed by atoms with Gasteiger partial charge < -0.3 is 20.1 Å². The number of nitrogens with two attached hydrogens (primary N) is 1. The topological polar surface area (TPSA) is 134 Å². The van der Waals surface area contributed by atoms with Gasteiger partial charge in [-0.05, 0) is 58.3 Å². The molecule has 0 spiro atoms. The minimum Gasteiger partial charge on any atom is -0.462 e. The molecule has 0 amide bonds. The van der Waals surface area contributed by atoms with E-state index in [1.54, 1.807) is 0 Å². The van der Waals surface area contributed by atoms with Crippen molar-refractivity contribution < 1.29 is 37.6 Å². The van der Waals surface area contributed by atoms with Crippen LogP contribution < -0.4 is 5.73 Å². The molecule has 9 nitrogen and oxygen atoms in total. The van der Waals surface area contributed by atoms with Crippen LogP contribution in [0.25, 0.3) is 0 Å². The maximum atomic E-state index is 12.5. The number of carbonyl (C=O) groups is 2. The van der Waals surface area contributed by atoms with Crippen molar-refractivity contribution in [3.63, 3.8) is 0 Å². The Morgan fingerprint density at radius 1 is 0.705 bits per heavy atom. The SMILES string of the molecule is C/C=C/CCCCCCCC(=O)OC[C@H](COP(=O)(O)OCCN)OC(=O)CCCCCCC/C=C\CCCCCCCC. The normalized spacial score (nSPS) is 13.8. The molecule has 10 heteroatoms. The predicted molar refractivity (Wildman–Crippen MR) is 178 cm³/mol. The van der Waals surface area contributed by atoms with Gasteiger partial charge in [-0.2, -0.15) is 0 Å². The van der Waals surface area contributed by atoms with Crippen molar-refractivity contribution >= 4 is 19.8 Å². The molecule has 0 rings (SSSR count). The third-order valence-electron chi connectivity index (χ3n) is 7.15. The van der Waals surface area contributed by atoms with E-state index in [0.717, 1.165) is 70.6 Å². The third-order valence-corrected chi connectivity index (χ3v) is 8.14. The first kappa shape index (κ1) is 42.5. The van der Waals surface area contributed by atoms with Gasteiger partial charge in [0.2, 0.25) is 0 Å². The third kappa shape index (κ3) is 30.5. The molecule has 0 aliphatic heterocycles. The highest BCUT2D eigenvalue weighted by Crippen LogP contribution is 2.43. The predicted octanol–water partition coefficient (Wildman–Crippen LogP) is 8.88. The fourth-order valence-electron chi connectivity index (χ4n) is 4.57. The van der Waals surface area contributed by atoms with E-state index in [2.05, 4.69) is 31.2 Å². The number of carbonyl (C=O) groups excluding carboxylic acids is 2. The summed E-state index contributed by atoms with van der Waals surface area (Å²) in [6, 6.07) is 0. The maximum Gasteiger partial charge on any atom is 0.472 e.